The summed E-state index contributed by atoms with van der Waals surface area (Å²) in [5, 5.41) is 8.84. The lowest BCUT2D eigenvalue weighted by molar-refractivity contribution is 0.0564. The zero-order chi connectivity index (χ0) is 40.0. The van der Waals surface area contributed by atoms with Gasteiger partial charge >= 0.3 is 12.2 Å². The first-order chi connectivity index (χ1) is 26.6. The van der Waals surface area contributed by atoms with Crippen LogP contribution in [0.1, 0.15) is 52.7 Å². The molecule has 0 spiro atoms. The van der Waals surface area contributed by atoms with Crippen molar-refractivity contribution in [1.29, 1.82) is 0 Å². The molecule has 0 fully saturated rings. The van der Waals surface area contributed by atoms with Crippen molar-refractivity contribution in [3.8, 4) is 11.3 Å². The number of hydrogen-bond donors (Lipinski definition) is 0. The lowest BCUT2D eigenvalue weighted by Gasteiger charge is -2.28. The van der Waals surface area contributed by atoms with E-state index in [1.54, 1.807) is 82.6 Å². The highest BCUT2D eigenvalue weighted by atomic mass is 35.5. The lowest BCUT2D eigenvalue weighted by Crippen LogP contribution is -2.37. The van der Waals surface area contributed by atoms with Gasteiger partial charge in [0, 0.05) is 54.6 Å². The van der Waals surface area contributed by atoms with Gasteiger partial charge in [0.15, 0.2) is 11.3 Å². The molecule has 6 aromatic heterocycles. The Labute approximate surface area is 327 Å². The van der Waals surface area contributed by atoms with E-state index in [1.807, 2.05) is 65.8 Å². The second-order valence-corrected chi connectivity index (χ2v) is 14.9. The maximum atomic E-state index is 13.4. The number of anilines is 2. The number of nitrogens with zero attached hydrogens (tertiary/aromatic N) is 10. The third-order valence-corrected chi connectivity index (χ3v) is 7.89. The number of aromatic nitrogens is 8. The maximum Gasteiger partial charge on any atom is 0.416 e. The molecule has 0 radical (unpaired) electrons. The van der Waals surface area contributed by atoms with E-state index in [0.717, 1.165) is 16.7 Å². The average molecular weight is 779 g/mol. The molecule has 0 saturated carbocycles. The summed E-state index contributed by atoms with van der Waals surface area (Å²) in [4.78, 5) is 46.0. The zero-order valence-corrected chi connectivity index (χ0v) is 32.4. The van der Waals surface area contributed by atoms with Crippen LogP contribution in [-0.2, 0) is 22.6 Å². The Morgan fingerprint density at radius 1 is 0.679 bits per heavy atom. The molecule has 0 saturated heterocycles. The van der Waals surface area contributed by atoms with Crippen LogP contribution in [0.4, 0.5) is 25.6 Å². The predicted molar refractivity (Wildman–Crippen MR) is 210 cm³/mol. The van der Waals surface area contributed by atoms with Crippen LogP contribution in [0.5, 0.6) is 0 Å². The summed E-state index contributed by atoms with van der Waals surface area (Å²) < 4.78 is 27.8. The molecule has 2 amide bonds. The summed E-state index contributed by atoms with van der Waals surface area (Å²) >= 11 is 6.12. The summed E-state index contributed by atoms with van der Waals surface area (Å²) in [7, 11) is 0. The van der Waals surface area contributed by atoms with Gasteiger partial charge in [0.2, 0.25) is 0 Å². The zero-order valence-electron chi connectivity index (χ0n) is 31.7. The van der Waals surface area contributed by atoms with Crippen molar-refractivity contribution in [2.24, 2.45) is 0 Å². The highest BCUT2D eigenvalue weighted by molar-refractivity contribution is 6.29. The van der Waals surface area contributed by atoms with E-state index in [2.05, 4.69) is 30.1 Å². The van der Waals surface area contributed by atoms with Gasteiger partial charge in [-0.2, -0.15) is 19.2 Å². The molecule has 0 N–H and O–H groups in total. The molecular weight excluding hydrogens is 739 g/mol. The van der Waals surface area contributed by atoms with Crippen LogP contribution >= 0.6 is 11.6 Å². The summed E-state index contributed by atoms with van der Waals surface area (Å²) in [5.74, 6) is 0.617. The van der Waals surface area contributed by atoms with Crippen LogP contribution < -0.4 is 9.80 Å². The molecule has 6 heterocycles. The van der Waals surface area contributed by atoms with Gasteiger partial charge in [-0.3, -0.25) is 19.8 Å². The summed E-state index contributed by atoms with van der Waals surface area (Å²) in [6.45, 7) is 11.4. The van der Waals surface area contributed by atoms with Gasteiger partial charge in [-0.15, -0.1) is 0 Å². The van der Waals surface area contributed by atoms with E-state index in [-0.39, 0.29) is 24.1 Å². The van der Waals surface area contributed by atoms with E-state index in [1.165, 1.54) is 21.9 Å². The van der Waals surface area contributed by atoms with Gasteiger partial charge in [-0.05, 0) is 89.1 Å². The van der Waals surface area contributed by atoms with Gasteiger partial charge in [0.05, 0.1) is 31.2 Å². The number of benzene rings is 1. The van der Waals surface area contributed by atoms with Crippen LogP contribution in [0, 0.1) is 5.82 Å². The number of rotatable bonds is 7. The Hall–Kier alpha value is -6.48. The van der Waals surface area contributed by atoms with Gasteiger partial charge in [-0.1, -0.05) is 23.7 Å². The monoisotopic (exact) mass is 778 g/mol. The second-order valence-electron chi connectivity index (χ2n) is 14.5. The number of hydrogen-bond acceptors (Lipinski definition) is 10. The summed E-state index contributed by atoms with van der Waals surface area (Å²) in [6.07, 6.45) is 8.92. The first kappa shape index (κ1) is 39.2. The van der Waals surface area contributed by atoms with Crippen LogP contribution in [-0.4, -0.2) is 62.6 Å². The Morgan fingerprint density at radius 2 is 1.16 bits per heavy atom. The van der Waals surface area contributed by atoms with Crippen LogP contribution in [0.3, 0.4) is 0 Å². The van der Waals surface area contributed by atoms with E-state index >= 15 is 0 Å². The van der Waals surface area contributed by atoms with E-state index in [4.69, 9.17) is 21.1 Å². The van der Waals surface area contributed by atoms with Crippen LogP contribution in [0.2, 0.25) is 5.15 Å². The average Bonchev–Trinajstić information content (AvgIpc) is 3.82. The Balaban J connectivity index is 0.000000194. The normalized spacial score (nSPS) is 11.5. The number of pyridine rings is 2. The van der Waals surface area contributed by atoms with Gasteiger partial charge < -0.3 is 9.47 Å². The third kappa shape index (κ3) is 9.98. The number of ether oxygens (including phenoxy) is 2. The number of halogens is 2. The van der Waals surface area contributed by atoms with Crippen LogP contribution in [0.25, 0.3) is 22.6 Å². The lowest BCUT2D eigenvalue weighted by atomic mass is 10.1. The highest BCUT2D eigenvalue weighted by Gasteiger charge is 2.28. The molecule has 0 atom stereocenters. The molecule has 0 unspecified atom stereocenters. The Kier molecular flexibility index (Phi) is 11.5. The quantitative estimate of drug-likeness (QED) is 0.144. The second kappa shape index (κ2) is 16.5. The van der Waals surface area contributed by atoms with Gasteiger partial charge in [0.25, 0.3) is 0 Å². The van der Waals surface area contributed by atoms with Crippen molar-refractivity contribution in [3.63, 3.8) is 0 Å². The molecule has 7 rings (SSSR count). The van der Waals surface area contributed by atoms with Crippen molar-refractivity contribution in [1.82, 2.24) is 39.2 Å². The van der Waals surface area contributed by atoms with Crippen molar-refractivity contribution in [2.45, 2.75) is 65.8 Å². The molecule has 0 bridgehead atoms. The molecule has 288 valence electrons. The fourth-order valence-corrected chi connectivity index (χ4v) is 5.56. The molecule has 0 aliphatic carbocycles. The standard InChI is InChI=1S/C23H22FN5O2.C17H18ClN5O2/c1-23(2,3)31-22(30)28(15-16-5-4-11-25-14-16)21-13-19(17-6-8-18(24)9-7-17)27-20-10-12-26-29(20)21;1-17(2,3)25-16(24)22(11-12-5-4-7-19-10-12)15-9-13(18)21-14-6-8-20-23(14)15/h4-14H,15H2,1-3H3;4-10H,11H2,1-3H3. The number of carbonyl (C=O) groups excluding carboxylic acids is 2. The first-order valence-electron chi connectivity index (χ1n) is 17.5. The van der Waals surface area contributed by atoms with Crippen molar-refractivity contribution < 1.29 is 23.5 Å². The Bertz CT molecular complexity index is 2430. The maximum absolute atomic E-state index is 13.4. The molecule has 14 nitrogen and oxygen atoms in total. The van der Waals surface area contributed by atoms with Crippen LogP contribution in [0.15, 0.2) is 110 Å². The molecule has 16 heteroatoms. The largest absolute Gasteiger partial charge is 0.443 e. The summed E-state index contributed by atoms with van der Waals surface area (Å²) in [5.41, 5.74) is 2.76. The molecule has 56 heavy (non-hydrogen) atoms. The summed E-state index contributed by atoms with van der Waals surface area (Å²) in [6, 6.07) is 20.2. The van der Waals surface area contributed by atoms with Crippen molar-refractivity contribution >= 4 is 46.7 Å². The minimum Gasteiger partial charge on any atom is -0.443 e. The highest BCUT2D eigenvalue weighted by Crippen LogP contribution is 2.28. The van der Waals surface area contributed by atoms with Crippen molar-refractivity contribution in [3.05, 3.63) is 132 Å². The SMILES string of the molecule is CC(C)(C)OC(=O)N(Cc1cccnc1)c1cc(-c2ccc(F)cc2)nc2ccnn12.CC(C)(C)OC(=O)N(Cc1cccnc1)c1cc(Cl)nc2ccnn12. The Morgan fingerprint density at radius 3 is 1.62 bits per heavy atom. The van der Waals surface area contributed by atoms with E-state index < -0.39 is 23.4 Å². The molecule has 0 aliphatic heterocycles. The molecule has 7 aromatic rings. The van der Waals surface area contributed by atoms with E-state index in [0.29, 0.717) is 28.6 Å². The molecule has 0 aliphatic rings. The number of amides is 2. The minimum absolute atomic E-state index is 0.227. The van der Waals surface area contributed by atoms with Crippen molar-refractivity contribution in [2.75, 3.05) is 9.80 Å². The fraction of sp³-hybridized carbons (Fsp3) is 0.250. The van der Waals surface area contributed by atoms with Gasteiger partial charge in [0.1, 0.15) is 33.8 Å². The predicted octanol–water partition coefficient (Wildman–Crippen LogP) is 8.59. The first-order valence-corrected chi connectivity index (χ1v) is 17.9. The molecule has 1 aromatic carbocycles. The third-order valence-electron chi connectivity index (χ3n) is 7.70. The van der Waals surface area contributed by atoms with E-state index in [9.17, 15) is 14.0 Å². The smallest absolute Gasteiger partial charge is 0.416 e. The topological polar surface area (TPSA) is 145 Å². The molecular formula is C40H40ClFN10O4. The fourth-order valence-electron chi connectivity index (χ4n) is 5.38. The number of carbonyl (C=O) groups is 2. The number of fused-ring (bicyclic) bond motifs is 2. The van der Waals surface area contributed by atoms with Gasteiger partial charge in [-0.25, -0.2) is 23.9 Å². The minimum atomic E-state index is -0.680.